The number of anilines is 1. The monoisotopic (exact) mass is 531 g/mol. The third-order valence-corrected chi connectivity index (χ3v) is 9.82. The van der Waals surface area contributed by atoms with Crippen molar-refractivity contribution in [2.45, 2.75) is 40.0 Å². The third kappa shape index (κ3) is 3.49. The van der Waals surface area contributed by atoms with E-state index in [9.17, 15) is 0 Å². The zero-order chi connectivity index (χ0) is 26.1. The summed E-state index contributed by atoms with van der Waals surface area (Å²) < 4.78 is 3.90. The van der Waals surface area contributed by atoms with Crippen molar-refractivity contribution in [3.05, 3.63) is 83.6 Å². The first-order chi connectivity index (χ1) is 18.4. The van der Waals surface area contributed by atoms with E-state index in [1.807, 2.05) is 22.7 Å². The predicted octanol–water partition coefficient (Wildman–Crippen LogP) is 10.7. The van der Waals surface area contributed by atoms with Crippen LogP contribution in [0.3, 0.4) is 0 Å². The van der Waals surface area contributed by atoms with Crippen molar-refractivity contribution in [1.82, 2.24) is 9.97 Å². The van der Waals surface area contributed by atoms with Gasteiger partial charge in [-0.2, -0.15) is 0 Å². The molecule has 0 atom stereocenters. The Kier molecular flexibility index (Phi) is 5.36. The highest BCUT2D eigenvalue weighted by molar-refractivity contribution is 7.26. The summed E-state index contributed by atoms with van der Waals surface area (Å²) in [6, 6.07) is 20.4. The molecule has 3 nitrogen and oxygen atoms in total. The Balaban J connectivity index is 1.41. The van der Waals surface area contributed by atoms with Gasteiger partial charge in [-0.1, -0.05) is 57.7 Å². The number of H-pyrrole nitrogens is 1. The van der Waals surface area contributed by atoms with Gasteiger partial charge in [0.05, 0.1) is 10.2 Å². The second-order valence-electron chi connectivity index (χ2n) is 10.4. The van der Waals surface area contributed by atoms with Crippen molar-refractivity contribution in [3.8, 4) is 11.1 Å². The fourth-order valence-electron chi connectivity index (χ4n) is 5.48. The first-order valence-corrected chi connectivity index (χ1v) is 14.9. The maximum atomic E-state index is 4.96. The molecule has 0 aliphatic rings. The van der Waals surface area contributed by atoms with Crippen LogP contribution >= 0.6 is 22.7 Å². The average molecular weight is 532 g/mol. The van der Waals surface area contributed by atoms with Crippen LogP contribution in [-0.4, -0.2) is 9.97 Å². The van der Waals surface area contributed by atoms with E-state index in [0.717, 1.165) is 29.0 Å². The molecule has 4 aromatic carbocycles. The van der Waals surface area contributed by atoms with Gasteiger partial charge in [-0.05, 0) is 65.1 Å². The van der Waals surface area contributed by atoms with Gasteiger partial charge >= 0.3 is 0 Å². The van der Waals surface area contributed by atoms with E-state index in [-0.39, 0.29) is 0 Å². The van der Waals surface area contributed by atoms with Crippen LogP contribution in [0.2, 0.25) is 0 Å². The Labute approximate surface area is 229 Å². The van der Waals surface area contributed by atoms with Crippen molar-refractivity contribution in [3.63, 3.8) is 0 Å². The molecule has 0 amide bonds. The fraction of sp³-hybridized carbons (Fsp3) is 0.182. The molecule has 0 unspecified atom stereocenters. The molecule has 0 fully saturated rings. The lowest BCUT2D eigenvalue weighted by atomic mass is 9.96. The summed E-state index contributed by atoms with van der Waals surface area (Å²) in [7, 11) is 0. The van der Waals surface area contributed by atoms with Crippen LogP contribution in [-0.2, 0) is 0 Å². The Morgan fingerprint density at radius 1 is 0.921 bits per heavy atom. The number of aryl methyl sites for hydroxylation is 1. The van der Waals surface area contributed by atoms with Crippen LogP contribution in [0.4, 0.5) is 5.69 Å². The summed E-state index contributed by atoms with van der Waals surface area (Å²) in [5, 5.41) is 12.2. The highest BCUT2D eigenvalue weighted by Gasteiger charge is 2.16. The van der Waals surface area contributed by atoms with Gasteiger partial charge in [0.15, 0.2) is 0 Å². The number of imidazole rings is 1. The minimum Gasteiger partial charge on any atom is -0.359 e. The zero-order valence-electron chi connectivity index (χ0n) is 22.0. The molecule has 0 aliphatic heterocycles. The van der Waals surface area contributed by atoms with E-state index < -0.39 is 0 Å². The smallest absolute Gasteiger partial charge is 0.109 e. The number of hydrogen-bond donors (Lipinski definition) is 2. The van der Waals surface area contributed by atoms with Gasteiger partial charge in [0.25, 0.3) is 0 Å². The number of allylic oxidation sites excluding steroid dienone is 1. The zero-order valence-corrected chi connectivity index (χ0v) is 23.7. The number of fused-ring (bicyclic) bond motifs is 8. The standard InChI is InChI=1S/C33H29N3S2/c1-6-18(4)34-29-19(5)22-13-14-37-31(22)26-15-20(8-10-24(26)29)21-7-9-23-25-11-12-27-30(32(25)38-28(23)16-21)36-33(35-27)17(2)3/h7-17,34H,4,6H2,1-3,5H3,(H,35,36). The van der Waals surface area contributed by atoms with Crippen LogP contribution in [0.5, 0.6) is 0 Å². The number of nitrogens with zero attached hydrogens (tertiary/aromatic N) is 1. The van der Waals surface area contributed by atoms with Crippen LogP contribution in [0, 0.1) is 6.92 Å². The molecule has 2 N–H and O–H groups in total. The average Bonchev–Trinajstić information content (AvgIpc) is 3.66. The summed E-state index contributed by atoms with van der Waals surface area (Å²) >= 11 is 3.67. The van der Waals surface area contributed by atoms with E-state index in [1.54, 1.807) is 0 Å². The number of rotatable bonds is 5. The summed E-state index contributed by atoms with van der Waals surface area (Å²) in [5.74, 6) is 1.42. The van der Waals surface area contributed by atoms with Crippen LogP contribution in [0.15, 0.2) is 72.3 Å². The molecule has 0 aliphatic carbocycles. The van der Waals surface area contributed by atoms with Gasteiger partial charge in [0.2, 0.25) is 0 Å². The lowest BCUT2D eigenvalue weighted by Crippen LogP contribution is -2.00. The number of thiophene rings is 2. The minimum absolute atomic E-state index is 0.376. The van der Waals surface area contributed by atoms with E-state index in [2.05, 4.69) is 105 Å². The molecule has 3 aromatic heterocycles. The van der Waals surface area contributed by atoms with Gasteiger partial charge < -0.3 is 10.3 Å². The molecular weight excluding hydrogens is 503 g/mol. The molecule has 188 valence electrons. The Hall–Kier alpha value is -3.67. The van der Waals surface area contributed by atoms with Crippen molar-refractivity contribution < 1.29 is 0 Å². The highest BCUT2D eigenvalue weighted by Crippen LogP contribution is 2.43. The van der Waals surface area contributed by atoms with Crippen molar-refractivity contribution in [2.75, 3.05) is 5.32 Å². The normalized spacial score (nSPS) is 12.1. The quantitative estimate of drug-likeness (QED) is 0.232. The number of benzene rings is 4. The van der Waals surface area contributed by atoms with Gasteiger partial charge in [-0.15, -0.1) is 22.7 Å². The SMILES string of the molecule is C=C(CC)Nc1c(C)c2ccsc2c2cc(-c3ccc4c(c3)sc3c4ccc4[nH]c(C(C)C)nc43)ccc12. The summed E-state index contributed by atoms with van der Waals surface area (Å²) in [6.45, 7) is 12.9. The fourth-order valence-corrected chi connectivity index (χ4v) is 7.70. The topological polar surface area (TPSA) is 40.7 Å². The van der Waals surface area contributed by atoms with Crippen LogP contribution < -0.4 is 5.32 Å². The first-order valence-electron chi connectivity index (χ1n) is 13.2. The number of nitrogens with one attached hydrogen (secondary N) is 2. The molecule has 3 heterocycles. The molecule has 7 rings (SSSR count). The van der Waals surface area contributed by atoms with E-state index in [0.29, 0.717) is 5.92 Å². The summed E-state index contributed by atoms with van der Waals surface area (Å²) in [6.07, 6.45) is 0.902. The van der Waals surface area contributed by atoms with Crippen molar-refractivity contribution >= 4 is 80.4 Å². The van der Waals surface area contributed by atoms with Gasteiger partial charge in [-0.25, -0.2) is 4.98 Å². The number of aromatic nitrogens is 2. The first kappa shape index (κ1) is 23.4. The molecule has 0 bridgehead atoms. The van der Waals surface area contributed by atoms with E-state index in [1.165, 1.54) is 63.4 Å². The van der Waals surface area contributed by atoms with Gasteiger partial charge in [0, 0.05) is 48.2 Å². The second-order valence-corrected chi connectivity index (χ2v) is 12.4. The summed E-state index contributed by atoms with van der Waals surface area (Å²) in [4.78, 5) is 8.47. The Bertz CT molecular complexity index is 2050. The molecule has 0 spiro atoms. The van der Waals surface area contributed by atoms with E-state index >= 15 is 0 Å². The number of aromatic amines is 1. The molecule has 0 saturated heterocycles. The van der Waals surface area contributed by atoms with Crippen molar-refractivity contribution in [2.24, 2.45) is 0 Å². The van der Waals surface area contributed by atoms with Gasteiger partial charge in [-0.3, -0.25) is 0 Å². The lowest BCUT2D eigenvalue weighted by Gasteiger charge is -2.16. The maximum Gasteiger partial charge on any atom is 0.109 e. The number of hydrogen-bond acceptors (Lipinski definition) is 4. The van der Waals surface area contributed by atoms with Crippen LogP contribution in [0.1, 0.15) is 44.5 Å². The highest BCUT2D eigenvalue weighted by atomic mass is 32.1. The Morgan fingerprint density at radius 3 is 2.47 bits per heavy atom. The molecule has 0 radical (unpaired) electrons. The molecule has 0 saturated carbocycles. The Morgan fingerprint density at radius 2 is 1.68 bits per heavy atom. The third-order valence-electron chi connectivity index (χ3n) is 7.70. The predicted molar refractivity (Wildman–Crippen MR) is 169 cm³/mol. The molecule has 5 heteroatoms. The summed E-state index contributed by atoms with van der Waals surface area (Å²) in [5.41, 5.74) is 8.18. The second kappa shape index (κ2) is 8.69. The van der Waals surface area contributed by atoms with Gasteiger partial charge in [0.1, 0.15) is 11.3 Å². The largest absolute Gasteiger partial charge is 0.359 e. The lowest BCUT2D eigenvalue weighted by molar-refractivity contribution is 0.799. The maximum absolute atomic E-state index is 4.96. The van der Waals surface area contributed by atoms with E-state index in [4.69, 9.17) is 4.98 Å². The molecular formula is C33H29N3S2. The minimum atomic E-state index is 0.376. The van der Waals surface area contributed by atoms with Crippen molar-refractivity contribution in [1.29, 1.82) is 0 Å². The molecule has 7 aromatic rings. The molecule has 38 heavy (non-hydrogen) atoms. The van der Waals surface area contributed by atoms with Crippen LogP contribution in [0.25, 0.3) is 63.2 Å².